The van der Waals surface area contributed by atoms with Crippen LogP contribution in [0.25, 0.3) is 0 Å². The summed E-state index contributed by atoms with van der Waals surface area (Å²) < 4.78 is 5.20. The summed E-state index contributed by atoms with van der Waals surface area (Å²) in [5.74, 6) is 1.82. The first-order valence-electron chi connectivity index (χ1n) is 6.16. The second-order valence-corrected chi connectivity index (χ2v) is 4.71. The van der Waals surface area contributed by atoms with E-state index in [0.29, 0.717) is 24.9 Å². The topological polar surface area (TPSA) is 61.3 Å². The molecule has 96 valence electrons. The highest BCUT2D eigenvalue weighted by Crippen LogP contribution is 2.22. The van der Waals surface area contributed by atoms with Gasteiger partial charge in [0.1, 0.15) is 5.75 Å². The smallest absolute Gasteiger partial charge is 0.119 e. The Morgan fingerprint density at radius 1 is 1.24 bits per heavy atom. The molecule has 3 heteroatoms. The standard InChI is InChI=1S/C14H24N2O/c1-10(13(8-15)9-16)6-12-4-5-14(17-3)7-11(12)2/h4-5,7,10,13H,6,8-9,15-16H2,1-3H3. The van der Waals surface area contributed by atoms with Crippen LogP contribution in [0, 0.1) is 18.8 Å². The SMILES string of the molecule is COc1ccc(CC(C)C(CN)CN)c(C)c1. The molecular formula is C14H24N2O. The lowest BCUT2D eigenvalue weighted by Crippen LogP contribution is -2.30. The van der Waals surface area contributed by atoms with Crippen LogP contribution in [0.5, 0.6) is 5.75 Å². The minimum Gasteiger partial charge on any atom is -0.497 e. The van der Waals surface area contributed by atoms with Crippen LogP contribution in [0.1, 0.15) is 18.1 Å². The molecule has 0 saturated carbocycles. The molecule has 0 aliphatic carbocycles. The van der Waals surface area contributed by atoms with Gasteiger partial charge < -0.3 is 16.2 Å². The molecule has 1 aromatic carbocycles. The molecule has 1 atom stereocenters. The van der Waals surface area contributed by atoms with Crippen molar-refractivity contribution in [3.63, 3.8) is 0 Å². The average Bonchev–Trinajstić information content (AvgIpc) is 2.33. The molecule has 3 nitrogen and oxygen atoms in total. The molecule has 0 radical (unpaired) electrons. The van der Waals surface area contributed by atoms with Gasteiger partial charge >= 0.3 is 0 Å². The van der Waals surface area contributed by atoms with Crippen LogP contribution >= 0.6 is 0 Å². The van der Waals surface area contributed by atoms with Crippen LogP contribution < -0.4 is 16.2 Å². The van der Waals surface area contributed by atoms with Crippen molar-refractivity contribution in [3.05, 3.63) is 29.3 Å². The van der Waals surface area contributed by atoms with E-state index in [1.165, 1.54) is 11.1 Å². The first kappa shape index (κ1) is 14.0. The molecule has 0 fully saturated rings. The third-order valence-electron chi connectivity index (χ3n) is 3.50. The first-order valence-corrected chi connectivity index (χ1v) is 6.16. The molecule has 0 aliphatic heterocycles. The number of ether oxygens (including phenoxy) is 1. The highest BCUT2D eigenvalue weighted by Gasteiger charge is 2.15. The normalized spacial score (nSPS) is 12.8. The van der Waals surface area contributed by atoms with Crippen LogP contribution in [-0.2, 0) is 6.42 Å². The van der Waals surface area contributed by atoms with Gasteiger partial charge in [0.05, 0.1) is 7.11 Å². The molecule has 0 heterocycles. The fourth-order valence-electron chi connectivity index (χ4n) is 2.10. The number of nitrogens with two attached hydrogens (primary N) is 2. The number of rotatable bonds is 6. The highest BCUT2D eigenvalue weighted by atomic mass is 16.5. The van der Waals surface area contributed by atoms with E-state index in [1.54, 1.807) is 7.11 Å². The number of benzene rings is 1. The summed E-state index contributed by atoms with van der Waals surface area (Å²) in [5.41, 5.74) is 14.1. The Kier molecular flexibility index (Phi) is 5.45. The molecule has 0 bridgehead atoms. The highest BCUT2D eigenvalue weighted by molar-refractivity contribution is 5.35. The number of hydrogen-bond donors (Lipinski definition) is 2. The summed E-state index contributed by atoms with van der Waals surface area (Å²) >= 11 is 0. The molecule has 0 aliphatic rings. The lowest BCUT2D eigenvalue weighted by molar-refractivity contribution is 0.371. The first-order chi connectivity index (χ1) is 8.12. The van der Waals surface area contributed by atoms with Crippen LogP contribution in [-0.4, -0.2) is 20.2 Å². The van der Waals surface area contributed by atoms with Gasteiger partial charge in [-0.15, -0.1) is 0 Å². The van der Waals surface area contributed by atoms with E-state index in [-0.39, 0.29) is 0 Å². The second-order valence-electron chi connectivity index (χ2n) is 4.71. The zero-order valence-corrected chi connectivity index (χ0v) is 11.1. The predicted molar refractivity (Wildman–Crippen MR) is 72.2 cm³/mol. The van der Waals surface area contributed by atoms with Gasteiger partial charge in [-0.05, 0) is 61.5 Å². The monoisotopic (exact) mass is 236 g/mol. The largest absolute Gasteiger partial charge is 0.497 e. The fourth-order valence-corrected chi connectivity index (χ4v) is 2.10. The van der Waals surface area contributed by atoms with Gasteiger partial charge in [-0.1, -0.05) is 13.0 Å². The maximum absolute atomic E-state index is 5.72. The Morgan fingerprint density at radius 3 is 2.35 bits per heavy atom. The van der Waals surface area contributed by atoms with Gasteiger partial charge in [0, 0.05) is 0 Å². The van der Waals surface area contributed by atoms with Crippen molar-refractivity contribution in [2.45, 2.75) is 20.3 Å². The summed E-state index contributed by atoms with van der Waals surface area (Å²) in [7, 11) is 1.69. The van der Waals surface area contributed by atoms with Crippen molar-refractivity contribution in [1.82, 2.24) is 0 Å². The maximum atomic E-state index is 5.72. The zero-order chi connectivity index (χ0) is 12.8. The van der Waals surface area contributed by atoms with Gasteiger partial charge in [-0.2, -0.15) is 0 Å². The van der Waals surface area contributed by atoms with Gasteiger partial charge in [-0.3, -0.25) is 0 Å². The molecule has 17 heavy (non-hydrogen) atoms. The molecule has 1 unspecified atom stereocenters. The van der Waals surface area contributed by atoms with Crippen molar-refractivity contribution in [1.29, 1.82) is 0 Å². The third-order valence-corrected chi connectivity index (χ3v) is 3.50. The van der Waals surface area contributed by atoms with E-state index < -0.39 is 0 Å². The van der Waals surface area contributed by atoms with Crippen molar-refractivity contribution < 1.29 is 4.74 Å². The summed E-state index contributed by atoms with van der Waals surface area (Å²) in [5, 5.41) is 0. The van der Waals surface area contributed by atoms with Crippen molar-refractivity contribution in [2.24, 2.45) is 23.3 Å². The molecule has 1 aromatic rings. The lowest BCUT2D eigenvalue weighted by atomic mass is 9.87. The Balaban J connectivity index is 2.74. The summed E-state index contributed by atoms with van der Waals surface area (Å²) in [4.78, 5) is 0. The molecule has 0 aromatic heterocycles. The number of methoxy groups -OCH3 is 1. The van der Waals surface area contributed by atoms with Crippen molar-refractivity contribution >= 4 is 0 Å². The molecule has 0 spiro atoms. The summed E-state index contributed by atoms with van der Waals surface area (Å²) in [6, 6.07) is 6.21. The van der Waals surface area contributed by atoms with E-state index in [1.807, 2.05) is 6.07 Å². The summed E-state index contributed by atoms with van der Waals surface area (Å²) in [6.45, 7) is 5.65. The van der Waals surface area contributed by atoms with Crippen molar-refractivity contribution in [2.75, 3.05) is 20.2 Å². The summed E-state index contributed by atoms with van der Waals surface area (Å²) in [6.07, 6.45) is 1.02. The van der Waals surface area contributed by atoms with Gasteiger partial charge in [-0.25, -0.2) is 0 Å². The quantitative estimate of drug-likeness (QED) is 0.790. The third kappa shape index (κ3) is 3.72. The van der Waals surface area contributed by atoms with Crippen molar-refractivity contribution in [3.8, 4) is 5.75 Å². The number of hydrogen-bond acceptors (Lipinski definition) is 3. The minimum absolute atomic E-state index is 0.400. The Morgan fingerprint density at radius 2 is 1.88 bits per heavy atom. The van der Waals surface area contributed by atoms with Crippen LogP contribution in [0.4, 0.5) is 0 Å². The number of aryl methyl sites for hydroxylation is 1. The Bertz CT molecular complexity index is 348. The molecular weight excluding hydrogens is 212 g/mol. The van der Waals surface area contributed by atoms with E-state index in [4.69, 9.17) is 16.2 Å². The molecule has 0 saturated heterocycles. The van der Waals surface area contributed by atoms with Crippen LogP contribution in [0.2, 0.25) is 0 Å². The molecule has 4 N–H and O–H groups in total. The fraction of sp³-hybridized carbons (Fsp3) is 0.571. The van der Waals surface area contributed by atoms with Gasteiger partial charge in [0.2, 0.25) is 0 Å². The predicted octanol–water partition coefficient (Wildman–Crippen LogP) is 1.72. The minimum atomic E-state index is 0.400. The van der Waals surface area contributed by atoms with Gasteiger partial charge in [0.15, 0.2) is 0 Å². The Labute approximate surface area is 104 Å². The molecule has 1 rings (SSSR count). The Hall–Kier alpha value is -1.06. The second kappa shape index (κ2) is 6.62. The lowest BCUT2D eigenvalue weighted by Gasteiger charge is -2.21. The van der Waals surface area contributed by atoms with E-state index in [2.05, 4.69) is 26.0 Å². The zero-order valence-electron chi connectivity index (χ0n) is 11.1. The van der Waals surface area contributed by atoms with E-state index in [9.17, 15) is 0 Å². The van der Waals surface area contributed by atoms with Crippen LogP contribution in [0.15, 0.2) is 18.2 Å². The maximum Gasteiger partial charge on any atom is 0.119 e. The van der Waals surface area contributed by atoms with Gasteiger partial charge in [0.25, 0.3) is 0 Å². The average molecular weight is 236 g/mol. The molecule has 0 amide bonds. The van der Waals surface area contributed by atoms with E-state index in [0.717, 1.165) is 12.2 Å². The van der Waals surface area contributed by atoms with Crippen LogP contribution in [0.3, 0.4) is 0 Å². The van der Waals surface area contributed by atoms with E-state index >= 15 is 0 Å².